The normalized spacial score (nSPS) is 19.7. The minimum absolute atomic E-state index is 0.0276. The SMILES string of the molecule is CC(C)[C@H](N)C(=O)NCC(=O)NCC1(O)CCCCCC1. The Morgan fingerprint density at radius 2 is 1.71 bits per heavy atom. The van der Waals surface area contributed by atoms with Crippen LogP contribution in [0.3, 0.4) is 0 Å². The molecule has 5 N–H and O–H groups in total. The van der Waals surface area contributed by atoms with E-state index < -0.39 is 11.6 Å². The molecule has 0 heterocycles. The standard InChI is InChI=1S/C15H29N3O3/c1-11(2)13(16)14(20)17-9-12(19)18-10-15(21)7-5-3-4-6-8-15/h11,13,21H,3-10,16H2,1-2H3,(H,17,20)(H,18,19)/t13-/m0/s1. The summed E-state index contributed by atoms with van der Waals surface area (Å²) < 4.78 is 0. The van der Waals surface area contributed by atoms with Gasteiger partial charge < -0.3 is 21.5 Å². The molecule has 0 aromatic heterocycles. The summed E-state index contributed by atoms with van der Waals surface area (Å²) in [6.07, 6.45) is 5.70. The van der Waals surface area contributed by atoms with Crippen LogP contribution in [0.15, 0.2) is 0 Å². The van der Waals surface area contributed by atoms with Crippen molar-refractivity contribution in [3.63, 3.8) is 0 Å². The Bertz CT molecular complexity index is 350. The van der Waals surface area contributed by atoms with E-state index in [1.807, 2.05) is 13.8 Å². The van der Waals surface area contributed by atoms with Crippen molar-refractivity contribution in [1.29, 1.82) is 0 Å². The number of hydrogen-bond acceptors (Lipinski definition) is 4. The van der Waals surface area contributed by atoms with E-state index >= 15 is 0 Å². The van der Waals surface area contributed by atoms with Crippen LogP contribution in [0.1, 0.15) is 52.4 Å². The summed E-state index contributed by atoms with van der Waals surface area (Å²) in [5.74, 6) is -0.593. The number of aliphatic hydroxyl groups is 1. The van der Waals surface area contributed by atoms with Crippen molar-refractivity contribution in [3.05, 3.63) is 0 Å². The molecule has 0 aromatic rings. The van der Waals surface area contributed by atoms with Gasteiger partial charge in [0.1, 0.15) is 0 Å². The average molecular weight is 299 g/mol. The van der Waals surface area contributed by atoms with Crippen molar-refractivity contribution in [2.45, 2.75) is 64.0 Å². The molecule has 1 atom stereocenters. The van der Waals surface area contributed by atoms with Gasteiger partial charge in [-0.25, -0.2) is 0 Å². The molecular formula is C15H29N3O3. The van der Waals surface area contributed by atoms with E-state index in [-0.39, 0.29) is 30.8 Å². The molecule has 0 saturated heterocycles. The summed E-state index contributed by atoms with van der Waals surface area (Å²) in [6, 6.07) is -0.608. The molecule has 0 aromatic carbocycles. The lowest BCUT2D eigenvalue weighted by Gasteiger charge is -2.26. The van der Waals surface area contributed by atoms with Gasteiger partial charge in [-0.05, 0) is 18.8 Å². The van der Waals surface area contributed by atoms with Crippen LogP contribution in [0.25, 0.3) is 0 Å². The topological polar surface area (TPSA) is 104 Å². The fraction of sp³-hybridized carbons (Fsp3) is 0.867. The maximum absolute atomic E-state index is 11.7. The predicted molar refractivity (Wildman–Crippen MR) is 81.5 cm³/mol. The number of hydrogen-bond donors (Lipinski definition) is 4. The minimum Gasteiger partial charge on any atom is -0.388 e. The van der Waals surface area contributed by atoms with Crippen molar-refractivity contribution < 1.29 is 14.7 Å². The van der Waals surface area contributed by atoms with Crippen LogP contribution in [0.2, 0.25) is 0 Å². The van der Waals surface area contributed by atoms with Gasteiger partial charge in [0.05, 0.1) is 18.2 Å². The van der Waals surface area contributed by atoms with Crippen molar-refractivity contribution >= 4 is 11.8 Å². The van der Waals surface area contributed by atoms with Crippen molar-refractivity contribution in [1.82, 2.24) is 10.6 Å². The zero-order chi connectivity index (χ0) is 15.9. The first-order valence-corrected chi connectivity index (χ1v) is 7.86. The lowest BCUT2D eigenvalue weighted by molar-refractivity contribution is -0.127. The van der Waals surface area contributed by atoms with Crippen LogP contribution in [0.5, 0.6) is 0 Å². The fourth-order valence-corrected chi connectivity index (χ4v) is 2.48. The molecule has 122 valence electrons. The molecule has 21 heavy (non-hydrogen) atoms. The predicted octanol–water partition coefficient (Wildman–Crippen LogP) is 0.287. The quantitative estimate of drug-likeness (QED) is 0.529. The molecule has 1 saturated carbocycles. The molecule has 6 heteroatoms. The van der Waals surface area contributed by atoms with Crippen LogP contribution in [-0.4, -0.2) is 41.7 Å². The summed E-state index contributed by atoms with van der Waals surface area (Å²) in [5, 5.41) is 15.6. The summed E-state index contributed by atoms with van der Waals surface area (Å²) in [5.41, 5.74) is 4.89. The molecule has 0 aliphatic heterocycles. The second kappa shape index (κ2) is 8.34. The van der Waals surface area contributed by atoms with Gasteiger partial charge in [0, 0.05) is 6.54 Å². The zero-order valence-electron chi connectivity index (χ0n) is 13.2. The van der Waals surface area contributed by atoms with E-state index in [9.17, 15) is 14.7 Å². The number of carbonyl (C=O) groups is 2. The van der Waals surface area contributed by atoms with E-state index in [2.05, 4.69) is 10.6 Å². The second-order valence-electron chi connectivity index (χ2n) is 6.40. The first-order valence-electron chi connectivity index (χ1n) is 7.86. The van der Waals surface area contributed by atoms with Gasteiger partial charge in [0.25, 0.3) is 0 Å². The number of rotatable bonds is 6. The Kier molecular flexibility index (Phi) is 7.11. The number of amides is 2. The van der Waals surface area contributed by atoms with Gasteiger partial charge in [-0.3, -0.25) is 9.59 Å². The highest BCUT2D eigenvalue weighted by molar-refractivity contribution is 5.87. The Balaban J connectivity index is 2.29. The maximum Gasteiger partial charge on any atom is 0.239 e. The zero-order valence-corrected chi connectivity index (χ0v) is 13.2. The minimum atomic E-state index is -0.801. The maximum atomic E-state index is 11.7. The Hall–Kier alpha value is -1.14. The molecule has 6 nitrogen and oxygen atoms in total. The molecule has 1 aliphatic rings. The van der Waals surface area contributed by atoms with Gasteiger partial charge in [0.2, 0.25) is 11.8 Å². The Labute approximate surface area is 126 Å². The third-order valence-corrected chi connectivity index (χ3v) is 4.09. The third-order valence-electron chi connectivity index (χ3n) is 4.09. The van der Waals surface area contributed by atoms with E-state index in [0.717, 1.165) is 38.5 Å². The van der Waals surface area contributed by atoms with Gasteiger partial charge in [-0.15, -0.1) is 0 Å². The first kappa shape index (κ1) is 17.9. The van der Waals surface area contributed by atoms with Crippen LogP contribution in [-0.2, 0) is 9.59 Å². The average Bonchev–Trinajstić information content (AvgIpc) is 2.67. The van der Waals surface area contributed by atoms with Crippen LogP contribution < -0.4 is 16.4 Å². The number of nitrogens with two attached hydrogens (primary N) is 1. The largest absolute Gasteiger partial charge is 0.388 e. The molecule has 0 radical (unpaired) electrons. The smallest absolute Gasteiger partial charge is 0.239 e. The second-order valence-corrected chi connectivity index (χ2v) is 6.40. The summed E-state index contributed by atoms with van der Waals surface area (Å²) in [4.78, 5) is 23.4. The third kappa shape index (κ3) is 6.44. The molecule has 1 rings (SSSR count). The molecular weight excluding hydrogens is 270 g/mol. The van der Waals surface area contributed by atoms with Gasteiger partial charge in [-0.1, -0.05) is 39.5 Å². The summed E-state index contributed by atoms with van der Waals surface area (Å²) >= 11 is 0. The molecule has 0 unspecified atom stereocenters. The molecule has 0 bridgehead atoms. The van der Waals surface area contributed by atoms with Gasteiger partial charge in [-0.2, -0.15) is 0 Å². The fourth-order valence-electron chi connectivity index (χ4n) is 2.48. The first-order chi connectivity index (χ1) is 9.84. The molecule has 0 spiro atoms. The van der Waals surface area contributed by atoms with Crippen molar-refractivity contribution in [2.24, 2.45) is 11.7 Å². The van der Waals surface area contributed by atoms with Crippen LogP contribution >= 0.6 is 0 Å². The Morgan fingerprint density at radius 1 is 1.14 bits per heavy atom. The van der Waals surface area contributed by atoms with E-state index in [1.165, 1.54) is 0 Å². The van der Waals surface area contributed by atoms with Crippen molar-refractivity contribution in [3.8, 4) is 0 Å². The lowest BCUT2D eigenvalue weighted by Crippen LogP contribution is -2.49. The molecule has 1 fully saturated rings. The van der Waals surface area contributed by atoms with Crippen LogP contribution in [0.4, 0.5) is 0 Å². The lowest BCUT2D eigenvalue weighted by atomic mass is 9.94. The van der Waals surface area contributed by atoms with Crippen LogP contribution in [0, 0.1) is 5.92 Å². The highest BCUT2D eigenvalue weighted by atomic mass is 16.3. The highest BCUT2D eigenvalue weighted by Gasteiger charge is 2.28. The number of nitrogens with one attached hydrogen (secondary N) is 2. The monoisotopic (exact) mass is 299 g/mol. The van der Waals surface area contributed by atoms with Gasteiger partial charge in [0.15, 0.2) is 0 Å². The molecule has 1 aliphatic carbocycles. The van der Waals surface area contributed by atoms with E-state index in [4.69, 9.17) is 5.73 Å². The van der Waals surface area contributed by atoms with E-state index in [0.29, 0.717) is 0 Å². The number of carbonyl (C=O) groups excluding carboxylic acids is 2. The summed E-state index contributed by atoms with van der Waals surface area (Å²) in [7, 11) is 0. The Morgan fingerprint density at radius 3 is 2.24 bits per heavy atom. The van der Waals surface area contributed by atoms with E-state index in [1.54, 1.807) is 0 Å². The van der Waals surface area contributed by atoms with Crippen molar-refractivity contribution in [2.75, 3.05) is 13.1 Å². The molecule has 2 amide bonds. The summed E-state index contributed by atoms with van der Waals surface area (Å²) in [6.45, 7) is 3.85. The van der Waals surface area contributed by atoms with Gasteiger partial charge >= 0.3 is 0 Å². The highest BCUT2D eigenvalue weighted by Crippen LogP contribution is 2.26.